The Bertz CT molecular complexity index is 443. The van der Waals surface area contributed by atoms with Crippen LogP contribution in [-0.2, 0) is 9.47 Å². The van der Waals surface area contributed by atoms with Gasteiger partial charge in [0.1, 0.15) is 31.8 Å². The first-order valence-corrected chi connectivity index (χ1v) is 10.8. The van der Waals surface area contributed by atoms with Crippen molar-refractivity contribution in [1.82, 2.24) is 0 Å². The fraction of sp³-hybridized carbons (Fsp3) is 0.950. The molecular weight excluding hydrogens is 380 g/mol. The Hall–Kier alpha value is -0.810. The van der Waals surface area contributed by atoms with Gasteiger partial charge in [-0.25, -0.2) is 0 Å². The van der Waals surface area contributed by atoms with Crippen molar-refractivity contribution in [3.05, 3.63) is 0 Å². The van der Waals surface area contributed by atoms with E-state index in [-0.39, 0.29) is 24.4 Å². The van der Waals surface area contributed by atoms with E-state index in [1.54, 1.807) is 0 Å². The van der Waals surface area contributed by atoms with Crippen LogP contribution >= 0.6 is 0 Å². The van der Waals surface area contributed by atoms with E-state index in [4.69, 9.17) is 19.7 Å². The molecule has 0 aromatic rings. The van der Waals surface area contributed by atoms with Crippen molar-refractivity contribution in [1.29, 1.82) is 0 Å². The highest BCUT2D eigenvalue weighted by molar-refractivity contribution is 5.74. The number of hydrogen-bond acceptors (Lipinski definition) is 8. The molecule has 0 radical (unpaired) electrons. The summed E-state index contributed by atoms with van der Waals surface area (Å²) in [7, 11) is 0. The molecule has 3 atom stereocenters. The van der Waals surface area contributed by atoms with Crippen molar-refractivity contribution < 1.29 is 39.6 Å². The number of aliphatic hydroxyl groups excluding tert-OH is 4. The Morgan fingerprint density at radius 1 is 0.931 bits per heavy atom. The molecule has 4 N–H and O–H groups in total. The van der Waals surface area contributed by atoms with Gasteiger partial charge in [-0.05, 0) is 39.0 Å². The molecule has 172 valence electrons. The van der Waals surface area contributed by atoms with Crippen LogP contribution in [0.3, 0.4) is 0 Å². The summed E-state index contributed by atoms with van der Waals surface area (Å²) < 4.78 is 11.0. The number of piperidine rings is 1. The van der Waals surface area contributed by atoms with Gasteiger partial charge in [0.15, 0.2) is 0 Å². The van der Waals surface area contributed by atoms with Crippen molar-refractivity contribution in [2.75, 3.05) is 52.7 Å². The maximum Gasteiger partial charge on any atom is 0.131 e. The molecule has 0 aromatic carbocycles. The van der Waals surface area contributed by atoms with E-state index in [1.807, 2.05) is 0 Å². The smallest absolute Gasteiger partial charge is 0.131 e. The Morgan fingerprint density at radius 2 is 1.48 bits per heavy atom. The van der Waals surface area contributed by atoms with Crippen LogP contribution in [0.1, 0.15) is 51.9 Å². The maximum absolute atomic E-state index is 11.9. The van der Waals surface area contributed by atoms with Gasteiger partial charge in [0.25, 0.3) is 0 Å². The number of aliphatic hydroxyl groups is 4. The highest BCUT2D eigenvalue weighted by Gasteiger charge is 2.33. The average Bonchev–Trinajstić information content (AvgIpc) is 2.69. The summed E-state index contributed by atoms with van der Waals surface area (Å²) in [5.74, 6) is -0.533. The first-order valence-electron chi connectivity index (χ1n) is 10.8. The van der Waals surface area contributed by atoms with Gasteiger partial charge in [-0.2, -0.15) is 4.59 Å². The lowest BCUT2D eigenvalue weighted by Gasteiger charge is -2.38. The van der Waals surface area contributed by atoms with Crippen LogP contribution in [0, 0.1) is 0 Å². The highest BCUT2D eigenvalue weighted by atomic mass is 16.5. The molecule has 0 aliphatic carbocycles. The zero-order chi connectivity index (χ0) is 21.5. The van der Waals surface area contributed by atoms with Gasteiger partial charge in [0, 0.05) is 19.1 Å². The maximum atomic E-state index is 11.9. The van der Waals surface area contributed by atoms with E-state index >= 15 is 0 Å². The van der Waals surface area contributed by atoms with Crippen LogP contribution in [0.15, 0.2) is 5.10 Å². The SMILES string of the molecule is CC(O)/C([O-])=N/[N+]1(CC(O)COCCCCCCOCC(O)CO)CCCCC1. The molecule has 1 saturated heterocycles. The normalized spacial score (nSPS) is 20.4. The quantitative estimate of drug-likeness (QED) is 0.113. The van der Waals surface area contributed by atoms with Crippen molar-refractivity contribution in [3.63, 3.8) is 0 Å². The summed E-state index contributed by atoms with van der Waals surface area (Å²) in [6.07, 6.45) is 4.12. The van der Waals surface area contributed by atoms with Crippen LogP contribution in [0.5, 0.6) is 0 Å². The van der Waals surface area contributed by atoms with E-state index in [0.29, 0.717) is 32.8 Å². The Balaban J connectivity index is 2.17. The van der Waals surface area contributed by atoms with Crippen LogP contribution < -0.4 is 5.11 Å². The van der Waals surface area contributed by atoms with Gasteiger partial charge in [-0.1, -0.05) is 12.8 Å². The second-order valence-electron chi connectivity index (χ2n) is 7.95. The molecule has 1 rings (SSSR count). The predicted molar refractivity (Wildman–Crippen MR) is 107 cm³/mol. The zero-order valence-corrected chi connectivity index (χ0v) is 17.7. The average molecular weight is 421 g/mol. The first kappa shape index (κ1) is 26.2. The Kier molecular flexibility index (Phi) is 13.6. The summed E-state index contributed by atoms with van der Waals surface area (Å²) in [6, 6.07) is 0. The standard InChI is InChI=1S/C20H40N2O7/c1-17(24)20(27)21-22(9-5-4-6-10-22)13-18(25)15-28-11-7-2-3-8-12-29-16-19(26)14-23/h17-19,23-26H,2-16H2,1H3. The van der Waals surface area contributed by atoms with Crippen molar-refractivity contribution in [3.8, 4) is 0 Å². The zero-order valence-electron chi connectivity index (χ0n) is 17.7. The van der Waals surface area contributed by atoms with Gasteiger partial charge >= 0.3 is 0 Å². The summed E-state index contributed by atoms with van der Waals surface area (Å²) in [4.78, 5) is 0. The molecule has 1 heterocycles. The van der Waals surface area contributed by atoms with Crippen molar-refractivity contribution >= 4 is 5.90 Å². The Morgan fingerprint density at radius 3 is 2.00 bits per heavy atom. The third-order valence-electron chi connectivity index (χ3n) is 5.03. The number of rotatable bonds is 16. The lowest BCUT2D eigenvalue weighted by molar-refractivity contribution is -0.942. The fourth-order valence-corrected chi connectivity index (χ4v) is 3.42. The number of likely N-dealkylation sites (tertiary alicyclic amines) is 1. The lowest BCUT2D eigenvalue weighted by atomic mass is 10.1. The Labute approximate surface area is 174 Å². The molecule has 1 aliphatic heterocycles. The number of nitrogens with zero attached hydrogens (tertiary/aromatic N) is 2. The van der Waals surface area contributed by atoms with Crippen molar-refractivity contribution in [2.24, 2.45) is 5.10 Å². The van der Waals surface area contributed by atoms with Crippen LogP contribution in [0.25, 0.3) is 0 Å². The minimum absolute atomic E-state index is 0.159. The molecule has 29 heavy (non-hydrogen) atoms. The van der Waals surface area contributed by atoms with Crippen LogP contribution in [0.2, 0.25) is 0 Å². The van der Waals surface area contributed by atoms with Gasteiger partial charge in [0.05, 0.1) is 25.9 Å². The predicted octanol–water partition coefficient (Wildman–Crippen LogP) is -0.651. The van der Waals surface area contributed by atoms with Gasteiger partial charge in [0.2, 0.25) is 0 Å². The fourth-order valence-electron chi connectivity index (χ4n) is 3.42. The number of quaternary nitrogens is 1. The molecule has 1 fully saturated rings. The van der Waals surface area contributed by atoms with E-state index in [1.165, 1.54) is 6.92 Å². The minimum atomic E-state index is -1.12. The number of unbranched alkanes of at least 4 members (excludes halogenated alkanes) is 3. The summed E-state index contributed by atoms with van der Waals surface area (Å²) >= 11 is 0. The van der Waals surface area contributed by atoms with Crippen LogP contribution in [0.4, 0.5) is 0 Å². The van der Waals surface area contributed by atoms with E-state index in [9.17, 15) is 15.3 Å². The molecule has 0 aromatic heterocycles. The summed E-state index contributed by atoms with van der Waals surface area (Å²) in [5.41, 5.74) is 0. The molecule has 0 bridgehead atoms. The second-order valence-corrected chi connectivity index (χ2v) is 7.95. The molecule has 0 amide bonds. The minimum Gasteiger partial charge on any atom is -0.856 e. The van der Waals surface area contributed by atoms with E-state index in [0.717, 1.165) is 44.9 Å². The monoisotopic (exact) mass is 420 g/mol. The van der Waals surface area contributed by atoms with Crippen LogP contribution in [-0.4, -0.2) is 102 Å². The van der Waals surface area contributed by atoms with Gasteiger partial charge in [-0.3, -0.25) is 0 Å². The van der Waals surface area contributed by atoms with E-state index < -0.39 is 24.2 Å². The second kappa shape index (κ2) is 15.1. The van der Waals surface area contributed by atoms with Gasteiger partial charge in [-0.15, -0.1) is 5.10 Å². The molecule has 3 unspecified atom stereocenters. The van der Waals surface area contributed by atoms with Crippen molar-refractivity contribution in [2.45, 2.75) is 70.2 Å². The van der Waals surface area contributed by atoms with E-state index in [2.05, 4.69) is 5.10 Å². The highest BCUT2D eigenvalue weighted by Crippen LogP contribution is 2.21. The topological polar surface area (TPSA) is 135 Å². The molecule has 9 heteroatoms. The molecule has 0 saturated carbocycles. The third-order valence-corrected chi connectivity index (χ3v) is 5.03. The lowest BCUT2D eigenvalue weighted by Crippen LogP contribution is -2.54. The molecule has 1 aliphatic rings. The van der Waals surface area contributed by atoms with Gasteiger partial charge < -0.3 is 35.0 Å². The first-order chi connectivity index (χ1) is 13.9. The molecular formula is C20H40N2O7. The summed E-state index contributed by atoms with van der Waals surface area (Å²) in [5, 5.41) is 53.7. The summed E-state index contributed by atoms with van der Waals surface area (Å²) in [6.45, 7) is 4.35. The largest absolute Gasteiger partial charge is 0.856 e. The number of hydrogen-bond donors (Lipinski definition) is 4. The number of ether oxygens (including phenoxy) is 2. The molecule has 0 spiro atoms. The third kappa shape index (κ3) is 11.8. The molecule has 9 nitrogen and oxygen atoms in total.